The van der Waals surface area contributed by atoms with Crippen LogP contribution in [0.4, 0.5) is 0 Å². The lowest BCUT2D eigenvalue weighted by atomic mass is 9.74. The second-order valence-electron chi connectivity index (χ2n) is 7.10. The van der Waals surface area contributed by atoms with Crippen LogP contribution < -0.4 is 5.32 Å². The minimum atomic E-state index is -0.0779. The highest BCUT2D eigenvalue weighted by Gasteiger charge is 2.39. The number of nitrogens with zero attached hydrogens (tertiary/aromatic N) is 1. The first-order valence-corrected chi connectivity index (χ1v) is 8.57. The summed E-state index contributed by atoms with van der Waals surface area (Å²) in [6.07, 6.45) is 10.7. The van der Waals surface area contributed by atoms with Crippen LogP contribution in [0.2, 0.25) is 0 Å². The summed E-state index contributed by atoms with van der Waals surface area (Å²) in [5, 5.41) is 3.54. The third-order valence-corrected chi connectivity index (χ3v) is 5.53. The Balaban J connectivity index is 1.88. The second kappa shape index (κ2) is 6.93. The molecule has 0 aromatic carbocycles. The maximum Gasteiger partial charge on any atom is 0.228 e. The van der Waals surface area contributed by atoms with Crippen molar-refractivity contribution < 1.29 is 4.79 Å². The van der Waals surface area contributed by atoms with E-state index < -0.39 is 0 Å². The second-order valence-corrected chi connectivity index (χ2v) is 7.10. The molecule has 2 fully saturated rings. The van der Waals surface area contributed by atoms with Crippen molar-refractivity contribution in [3.63, 3.8) is 0 Å². The lowest BCUT2D eigenvalue weighted by molar-refractivity contribution is -0.144. The van der Waals surface area contributed by atoms with Gasteiger partial charge in [0.2, 0.25) is 5.91 Å². The molecular formula is C17H32N2O. The molecule has 0 radical (unpaired) electrons. The van der Waals surface area contributed by atoms with Gasteiger partial charge in [-0.3, -0.25) is 4.79 Å². The van der Waals surface area contributed by atoms with Crippen LogP contribution >= 0.6 is 0 Å². The maximum atomic E-state index is 12.8. The molecule has 0 unspecified atom stereocenters. The summed E-state index contributed by atoms with van der Waals surface area (Å²) < 4.78 is 0. The highest BCUT2D eigenvalue weighted by molar-refractivity contribution is 5.82. The van der Waals surface area contributed by atoms with Crippen molar-refractivity contribution in [2.45, 2.75) is 83.7 Å². The Bertz CT molecular complexity index is 315. The summed E-state index contributed by atoms with van der Waals surface area (Å²) in [7, 11) is 2.04. The van der Waals surface area contributed by atoms with E-state index in [0.29, 0.717) is 18.0 Å². The third-order valence-electron chi connectivity index (χ3n) is 5.53. The molecule has 3 nitrogen and oxygen atoms in total. The van der Waals surface area contributed by atoms with Crippen LogP contribution in [0.5, 0.6) is 0 Å². The van der Waals surface area contributed by atoms with Crippen molar-refractivity contribution >= 4 is 5.91 Å². The molecule has 2 aliphatic rings. The first-order valence-electron chi connectivity index (χ1n) is 8.57. The van der Waals surface area contributed by atoms with E-state index in [-0.39, 0.29) is 5.41 Å². The molecule has 0 spiro atoms. The van der Waals surface area contributed by atoms with Crippen LogP contribution in [0.1, 0.15) is 71.6 Å². The molecule has 0 heterocycles. The molecule has 2 saturated carbocycles. The summed E-state index contributed by atoms with van der Waals surface area (Å²) in [5.41, 5.74) is -0.0779. The summed E-state index contributed by atoms with van der Waals surface area (Å²) in [5.74, 6) is 0.407. The quantitative estimate of drug-likeness (QED) is 0.856. The van der Waals surface area contributed by atoms with Gasteiger partial charge in [0.15, 0.2) is 0 Å². The fourth-order valence-electron chi connectivity index (χ4n) is 4.09. The van der Waals surface area contributed by atoms with Crippen molar-refractivity contribution in [1.29, 1.82) is 0 Å². The van der Waals surface area contributed by atoms with Gasteiger partial charge in [0.1, 0.15) is 0 Å². The van der Waals surface area contributed by atoms with Gasteiger partial charge in [-0.1, -0.05) is 33.1 Å². The number of hydrogen-bond acceptors (Lipinski definition) is 2. The first-order chi connectivity index (χ1) is 9.57. The zero-order valence-corrected chi connectivity index (χ0v) is 13.6. The fourth-order valence-corrected chi connectivity index (χ4v) is 4.09. The van der Waals surface area contributed by atoms with Crippen molar-refractivity contribution in [2.24, 2.45) is 5.41 Å². The number of amides is 1. The Morgan fingerprint density at radius 3 is 2.30 bits per heavy atom. The van der Waals surface area contributed by atoms with Gasteiger partial charge in [0.05, 0.1) is 0 Å². The van der Waals surface area contributed by atoms with Crippen molar-refractivity contribution in [1.82, 2.24) is 10.2 Å². The van der Waals surface area contributed by atoms with E-state index in [2.05, 4.69) is 24.1 Å². The summed E-state index contributed by atoms with van der Waals surface area (Å²) in [4.78, 5) is 14.9. The summed E-state index contributed by atoms with van der Waals surface area (Å²) >= 11 is 0. The van der Waals surface area contributed by atoms with Crippen LogP contribution in [0.3, 0.4) is 0 Å². The molecular weight excluding hydrogens is 248 g/mol. The molecule has 0 saturated heterocycles. The monoisotopic (exact) mass is 280 g/mol. The van der Waals surface area contributed by atoms with Gasteiger partial charge in [-0.2, -0.15) is 0 Å². The molecule has 0 aromatic heterocycles. The zero-order valence-electron chi connectivity index (χ0n) is 13.6. The lowest BCUT2D eigenvalue weighted by Crippen LogP contribution is -2.48. The molecule has 0 aromatic rings. The van der Waals surface area contributed by atoms with Crippen molar-refractivity contribution in [3.8, 4) is 0 Å². The largest absolute Gasteiger partial charge is 0.342 e. The van der Waals surface area contributed by atoms with E-state index >= 15 is 0 Å². The minimum absolute atomic E-state index is 0.0779. The van der Waals surface area contributed by atoms with Crippen LogP contribution in [-0.2, 0) is 4.79 Å². The third kappa shape index (κ3) is 3.55. The first kappa shape index (κ1) is 15.8. The normalized spacial score (nSPS) is 29.9. The van der Waals surface area contributed by atoms with E-state index in [4.69, 9.17) is 0 Å². The SMILES string of the molecule is CCNC1CCC(N(C)C(=O)C2(C)CCCCC2)CC1. The fraction of sp³-hybridized carbons (Fsp3) is 0.941. The van der Waals surface area contributed by atoms with E-state index in [1.807, 2.05) is 7.05 Å². The summed E-state index contributed by atoms with van der Waals surface area (Å²) in [6.45, 7) is 5.42. The minimum Gasteiger partial charge on any atom is -0.342 e. The van der Waals surface area contributed by atoms with Gasteiger partial charge < -0.3 is 10.2 Å². The van der Waals surface area contributed by atoms with E-state index in [0.717, 1.165) is 32.2 Å². The van der Waals surface area contributed by atoms with E-state index in [1.54, 1.807) is 0 Å². The average Bonchev–Trinajstić information content (AvgIpc) is 2.48. The number of nitrogens with one attached hydrogen (secondary N) is 1. The lowest BCUT2D eigenvalue weighted by Gasteiger charge is -2.41. The zero-order chi connectivity index (χ0) is 14.6. The van der Waals surface area contributed by atoms with Gasteiger partial charge in [-0.05, 0) is 45.1 Å². The Kier molecular flexibility index (Phi) is 5.48. The summed E-state index contributed by atoms with van der Waals surface area (Å²) in [6, 6.07) is 1.14. The van der Waals surface area contributed by atoms with Crippen molar-refractivity contribution in [3.05, 3.63) is 0 Å². The van der Waals surface area contributed by atoms with Gasteiger partial charge in [-0.25, -0.2) is 0 Å². The molecule has 1 amide bonds. The molecule has 20 heavy (non-hydrogen) atoms. The Hall–Kier alpha value is -0.570. The van der Waals surface area contributed by atoms with Crippen LogP contribution in [-0.4, -0.2) is 36.5 Å². The molecule has 0 aliphatic heterocycles. The Labute approximate surface area is 124 Å². The molecule has 0 atom stereocenters. The smallest absolute Gasteiger partial charge is 0.228 e. The van der Waals surface area contributed by atoms with Gasteiger partial charge in [-0.15, -0.1) is 0 Å². The van der Waals surface area contributed by atoms with Crippen LogP contribution in [0.25, 0.3) is 0 Å². The predicted molar refractivity (Wildman–Crippen MR) is 83.7 cm³/mol. The highest BCUT2D eigenvalue weighted by atomic mass is 16.2. The Morgan fingerprint density at radius 1 is 1.15 bits per heavy atom. The highest BCUT2D eigenvalue weighted by Crippen LogP contribution is 2.38. The molecule has 0 bridgehead atoms. The van der Waals surface area contributed by atoms with Gasteiger partial charge in [0, 0.05) is 24.5 Å². The topological polar surface area (TPSA) is 32.3 Å². The number of carbonyl (C=O) groups excluding carboxylic acids is 1. The van der Waals surface area contributed by atoms with Crippen LogP contribution in [0.15, 0.2) is 0 Å². The standard InChI is InChI=1S/C17H32N2O/c1-4-18-14-8-10-15(11-9-14)19(3)16(20)17(2)12-6-5-7-13-17/h14-15,18H,4-13H2,1-3H3. The average molecular weight is 280 g/mol. The molecule has 1 N–H and O–H groups in total. The Morgan fingerprint density at radius 2 is 1.75 bits per heavy atom. The molecule has 2 rings (SSSR count). The molecule has 3 heteroatoms. The van der Waals surface area contributed by atoms with Crippen molar-refractivity contribution in [2.75, 3.05) is 13.6 Å². The predicted octanol–water partition coefficient (Wildman–Crippen LogP) is 3.34. The molecule has 116 valence electrons. The maximum absolute atomic E-state index is 12.8. The number of carbonyl (C=O) groups is 1. The number of hydrogen-bond donors (Lipinski definition) is 1. The molecule has 2 aliphatic carbocycles. The van der Waals surface area contributed by atoms with Crippen LogP contribution in [0, 0.1) is 5.41 Å². The van der Waals surface area contributed by atoms with E-state index in [9.17, 15) is 4.79 Å². The van der Waals surface area contributed by atoms with E-state index in [1.165, 1.54) is 32.1 Å². The number of rotatable bonds is 4. The van der Waals surface area contributed by atoms with Gasteiger partial charge >= 0.3 is 0 Å². The van der Waals surface area contributed by atoms with Gasteiger partial charge in [0.25, 0.3) is 0 Å².